The second kappa shape index (κ2) is 11.2. The van der Waals surface area contributed by atoms with E-state index in [2.05, 4.69) is 5.32 Å². The van der Waals surface area contributed by atoms with Crippen LogP contribution in [-0.2, 0) is 21.2 Å². The van der Waals surface area contributed by atoms with Crippen LogP contribution >= 0.6 is 0 Å². The number of hydrogen-bond acceptors (Lipinski definition) is 5. The molecule has 3 aromatic rings. The number of ether oxygens (including phenoxy) is 2. The van der Waals surface area contributed by atoms with Gasteiger partial charge in [-0.25, -0.2) is 8.42 Å². The summed E-state index contributed by atoms with van der Waals surface area (Å²) in [5.74, 6) is 0.311. The Bertz CT molecular complexity index is 1220. The molecule has 0 aliphatic rings. The average molecular weight is 483 g/mol. The van der Waals surface area contributed by atoms with Crippen molar-refractivity contribution in [3.63, 3.8) is 0 Å². The summed E-state index contributed by atoms with van der Waals surface area (Å²) in [5.41, 5.74) is 3.49. The Morgan fingerprint density at radius 2 is 1.53 bits per heavy atom. The van der Waals surface area contributed by atoms with Gasteiger partial charge in [0.25, 0.3) is 0 Å². The van der Waals surface area contributed by atoms with E-state index >= 15 is 0 Å². The zero-order chi connectivity index (χ0) is 24.7. The highest BCUT2D eigenvalue weighted by molar-refractivity contribution is 7.89. The first kappa shape index (κ1) is 25.3. The lowest BCUT2D eigenvalue weighted by Crippen LogP contribution is -2.39. The molecule has 8 heteroatoms. The van der Waals surface area contributed by atoms with Crippen LogP contribution in [0.4, 0.5) is 5.69 Å². The molecule has 1 amide bonds. The van der Waals surface area contributed by atoms with E-state index < -0.39 is 15.9 Å². The average Bonchev–Trinajstić information content (AvgIpc) is 2.84. The summed E-state index contributed by atoms with van der Waals surface area (Å²) in [6.45, 7) is 3.62. The number of nitrogens with zero attached hydrogens (tertiary/aromatic N) is 1. The van der Waals surface area contributed by atoms with Gasteiger partial charge in [-0.15, -0.1) is 0 Å². The van der Waals surface area contributed by atoms with Gasteiger partial charge in [-0.05, 0) is 49.1 Å². The first-order chi connectivity index (χ1) is 16.3. The summed E-state index contributed by atoms with van der Waals surface area (Å²) in [6.07, 6.45) is 0.462. The number of methoxy groups -OCH3 is 2. The number of anilines is 1. The van der Waals surface area contributed by atoms with Crippen LogP contribution in [0.25, 0.3) is 0 Å². The van der Waals surface area contributed by atoms with E-state index in [1.54, 1.807) is 0 Å². The third kappa shape index (κ3) is 5.95. The zero-order valence-corrected chi connectivity index (χ0v) is 20.7. The lowest BCUT2D eigenvalue weighted by atomic mass is 10.1. The molecule has 0 aliphatic heterocycles. The van der Waals surface area contributed by atoms with Crippen molar-refractivity contribution >= 4 is 21.6 Å². The second-order valence-corrected chi connectivity index (χ2v) is 9.84. The fourth-order valence-electron chi connectivity index (χ4n) is 3.66. The Morgan fingerprint density at radius 3 is 2.15 bits per heavy atom. The number of carbonyl (C=O) groups is 1. The Labute approximate surface area is 201 Å². The topological polar surface area (TPSA) is 84.9 Å². The summed E-state index contributed by atoms with van der Waals surface area (Å²) in [4.78, 5) is 13.0. The Morgan fingerprint density at radius 1 is 0.882 bits per heavy atom. The molecule has 0 unspecified atom stereocenters. The van der Waals surface area contributed by atoms with Gasteiger partial charge in [0, 0.05) is 18.3 Å². The molecule has 3 aromatic carbocycles. The van der Waals surface area contributed by atoms with E-state index in [1.165, 1.54) is 36.7 Å². The van der Waals surface area contributed by atoms with Gasteiger partial charge in [-0.2, -0.15) is 4.31 Å². The van der Waals surface area contributed by atoms with Crippen LogP contribution in [-0.4, -0.2) is 45.9 Å². The molecule has 0 spiro atoms. The van der Waals surface area contributed by atoms with Gasteiger partial charge in [0.05, 0.1) is 25.7 Å². The highest BCUT2D eigenvalue weighted by atomic mass is 32.2. The Kier molecular flexibility index (Phi) is 8.31. The molecule has 0 aliphatic carbocycles. The normalized spacial score (nSPS) is 11.3. The molecular formula is C26H30N2O5S. The van der Waals surface area contributed by atoms with E-state index in [9.17, 15) is 13.2 Å². The zero-order valence-electron chi connectivity index (χ0n) is 19.9. The fourth-order valence-corrected chi connectivity index (χ4v) is 5.07. The smallest absolute Gasteiger partial charge is 0.243 e. The van der Waals surface area contributed by atoms with E-state index in [-0.39, 0.29) is 18.0 Å². The minimum Gasteiger partial charge on any atom is -0.493 e. The lowest BCUT2D eigenvalue weighted by molar-refractivity contribution is -0.116. The fraction of sp³-hybridized carbons (Fsp3) is 0.269. The number of benzene rings is 3. The lowest BCUT2D eigenvalue weighted by Gasteiger charge is -2.23. The van der Waals surface area contributed by atoms with Gasteiger partial charge in [0.2, 0.25) is 15.9 Å². The van der Waals surface area contributed by atoms with E-state index in [4.69, 9.17) is 9.47 Å². The number of sulfonamides is 1. The molecule has 3 rings (SSSR count). The van der Waals surface area contributed by atoms with Crippen LogP contribution in [0.1, 0.15) is 16.7 Å². The summed E-state index contributed by atoms with van der Waals surface area (Å²) >= 11 is 0. The molecular weight excluding hydrogens is 452 g/mol. The summed E-state index contributed by atoms with van der Waals surface area (Å²) < 4.78 is 38.9. The summed E-state index contributed by atoms with van der Waals surface area (Å²) in [7, 11) is -1.07. The van der Waals surface area contributed by atoms with Crippen LogP contribution in [0.2, 0.25) is 0 Å². The third-order valence-corrected chi connectivity index (χ3v) is 7.39. The molecule has 0 radical (unpaired) electrons. The van der Waals surface area contributed by atoms with Crippen LogP contribution < -0.4 is 14.8 Å². The van der Waals surface area contributed by atoms with Crippen molar-refractivity contribution in [3.8, 4) is 11.5 Å². The van der Waals surface area contributed by atoms with Gasteiger partial charge in [-0.1, -0.05) is 48.5 Å². The van der Waals surface area contributed by atoms with E-state index in [0.717, 1.165) is 16.7 Å². The van der Waals surface area contributed by atoms with Crippen LogP contribution in [0.15, 0.2) is 71.6 Å². The maximum absolute atomic E-state index is 13.6. The summed E-state index contributed by atoms with van der Waals surface area (Å²) in [5, 5.41) is 2.88. The molecule has 0 heterocycles. The minimum atomic E-state index is -4.00. The van der Waals surface area contributed by atoms with Crippen molar-refractivity contribution in [2.75, 3.05) is 32.6 Å². The standard InChI is InChI=1S/C26H30N2O5S/c1-19-9-8-10-20(2)26(19)27-25(29)18-28(16-15-21-11-6-5-7-12-21)34(30,31)22-13-14-23(32-3)24(17-22)33-4/h5-14,17H,15-16,18H2,1-4H3,(H,27,29). The van der Waals surface area contributed by atoms with Crippen molar-refractivity contribution in [3.05, 3.63) is 83.4 Å². The number of aryl methyl sites for hydroxylation is 2. The van der Waals surface area contributed by atoms with Gasteiger partial charge < -0.3 is 14.8 Å². The van der Waals surface area contributed by atoms with Crippen molar-refractivity contribution in [1.82, 2.24) is 4.31 Å². The van der Waals surface area contributed by atoms with Crippen LogP contribution in [0.5, 0.6) is 11.5 Å². The van der Waals surface area contributed by atoms with Crippen molar-refractivity contribution < 1.29 is 22.7 Å². The number of nitrogens with one attached hydrogen (secondary N) is 1. The molecule has 1 N–H and O–H groups in total. The monoisotopic (exact) mass is 482 g/mol. The predicted octanol–water partition coefficient (Wildman–Crippen LogP) is 4.19. The number of carbonyl (C=O) groups excluding carboxylic acids is 1. The minimum absolute atomic E-state index is 0.0260. The molecule has 0 saturated carbocycles. The molecule has 0 bridgehead atoms. The largest absolute Gasteiger partial charge is 0.493 e. The second-order valence-electron chi connectivity index (χ2n) is 7.91. The highest BCUT2D eigenvalue weighted by Gasteiger charge is 2.28. The van der Waals surface area contributed by atoms with Gasteiger partial charge in [0.15, 0.2) is 11.5 Å². The molecule has 0 fully saturated rings. The first-order valence-electron chi connectivity index (χ1n) is 10.9. The number of para-hydroxylation sites is 1. The Balaban J connectivity index is 1.90. The quantitative estimate of drug-likeness (QED) is 0.468. The van der Waals surface area contributed by atoms with Crippen LogP contribution in [0, 0.1) is 13.8 Å². The third-order valence-electron chi connectivity index (χ3n) is 5.55. The summed E-state index contributed by atoms with van der Waals surface area (Å²) in [6, 6.07) is 19.7. The number of rotatable bonds is 10. The molecule has 180 valence electrons. The molecule has 34 heavy (non-hydrogen) atoms. The van der Waals surface area contributed by atoms with Crippen molar-refractivity contribution in [1.29, 1.82) is 0 Å². The number of amides is 1. The maximum Gasteiger partial charge on any atom is 0.243 e. The maximum atomic E-state index is 13.6. The molecule has 7 nitrogen and oxygen atoms in total. The molecule has 0 atom stereocenters. The van der Waals surface area contributed by atoms with E-state index in [1.807, 2.05) is 62.4 Å². The van der Waals surface area contributed by atoms with E-state index in [0.29, 0.717) is 23.6 Å². The number of hydrogen-bond donors (Lipinski definition) is 1. The van der Waals surface area contributed by atoms with Crippen LogP contribution in [0.3, 0.4) is 0 Å². The highest BCUT2D eigenvalue weighted by Crippen LogP contribution is 2.31. The Hall–Kier alpha value is -3.36. The molecule has 0 saturated heterocycles. The van der Waals surface area contributed by atoms with Gasteiger partial charge in [-0.3, -0.25) is 4.79 Å². The van der Waals surface area contributed by atoms with Crippen molar-refractivity contribution in [2.24, 2.45) is 0 Å². The first-order valence-corrected chi connectivity index (χ1v) is 12.3. The van der Waals surface area contributed by atoms with Crippen molar-refractivity contribution in [2.45, 2.75) is 25.2 Å². The SMILES string of the molecule is COc1ccc(S(=O)(=O)N(CCc2ccccc2)CC(=O)Nc2c(C)cccc2C)cc1OC. The molecule has 0 aromatic heterocycles. The van der Waals surface area contributed by atoms with Gasteiger partial charge >= 0.3 is 0 Å². The predicted molar refractivity (Wildman–Crippen MR) is 133 cm³/mol. The van der Waals surface area contributed by atoms with Gasteiger partial charge in [0.1, 0.15) is 0 Å².